The van der Waals surface area contributed by atoms with Crippen molar-refractivity contribution in [3.8, 4) is 17.1 Å². The molecule has 3 aromatic rings. The van der Waals surface area contributed by atoms with Crippen molar-refractivity contribution < 1.29 is 22.4 Å². The molecule has 33 heavy (non-hydrogen) atoms. The summed E-state index contributed by atoms with van der Waals surface area (Å²) in [7, 11) is -4.05. The monoisotopic (exact) mass is 474 g/mol. The number of para-hydroxylation sites is 1. The SMILES string of the molecule is CC1(C)Cc2cccc(-c3nc4c(NC5C[C@@H](COS(N)(=O)=O)[C@@H](O)C5)ncnc4[nH]3)c2O1. The summed E-state index contributed by atoms with van der Waals surface area (Å²) >= 11 is 0. The third-order valence-electron chi connectivity index (χ3n) is 6.07. The third kappa shape index (κ3) is 4.51. The normalized spacial score (nSPS) is 24.1. The molecule has 1 aromatic carbocycles. The first-order valence-electron chi connectivity index (χ1n) is 10.7. The smallest absolute Gasteiger partial charge is 0.333 e. The largest absolute Gasteiger partial charge is 0.486 e. The minimum Gasteiger partial charge on any atom is -0.486 e. The third-order valence-corrected chi connectivity index (χ3v) is 6.54. The Kier molecular flexibility index (Phi) is 5.27. The number of hydrogen-bond acceptors (Lipinski definition) is 9. The van der Waals surface area contributed by atoms with Gasteiger partial charge in [0, 0.05) is 18.4 Å². The van der Waals surface area contributed by atoms with Crippen LogP contribution in [0.4, 0.5) is 5.82 Å². The second-order valence-electron chi connectivity index (χ2n) is 9.25. The molecule has 0 radical (unpaired) electrons. The van der Waals surface area contributed by atoms with E-state index in [0.717, 1.165) is 23.3 Å². The van der Waals surface area contributed by atoms with E-state index < -0.39 is 16.4 Å². The van der Waals surface area contributed by atoms with Gasteiger partial charge in [-0.05, 0) is 38.3 Å². The Bertz CT molecular complexity index is 1310. The number of hydrogen-bond donors (Lipinski definition) is 4. The fraction of sp³-hybridized carbons (Fsp3) is 0.476. The number of rotatable bonds is 6. The number of nitrogens with two attached hydrogens (primary N) is 1. The zero-order valence-corrected chi connectivity index (χ0v) is 19.1. The Morgan fingerprint density at radius 2 is 2.15 bits per heavy atom. The highest BCUT2D eigenvalue weighted by molar-refractivity contribution is 7.84. The molecule has 1 aliphatic heterocycles. The van der Waals surface area contributed by atoms with Gasteiger partial charge in [0.25, 0.3) is 0 Å². The molecule has 1 saturated carbocycles. The summed E-state index contributed by atoms with van der Waals surface area (Å²) in [5.74, 6) is 1.62. The molecule has 5 N–H and O–H groups in total. The first kappa shape index (κ1) is 22.0. The van der Waals surface area contributed by atoms with Crippen LogP contribution in [0.2, 0.25) is 0 Å². The second-order valence-corrected chi connectivity index (χ2v) is 10.5. The molecule has 0 spiro atoms. The van der Waals surface area contributed by atoms with E-state index in [9.17, 15) is 13.5 Å². The summed E-state index contributed by atoms with van der Waals surface area (Å²) in [5.41, 5.74) is 2.86. The zero-order chi connectivity index (χ0) is 23.4. The zero-order valence-electron chi connectivity index (χ0n) is 18.3. The van der Waals surface area contributed by atoms with Crippen molar-refractivity contribution in [1.82, 2.24) is 19.9 Å². The van der Waals surface area contributed by atoms with Crippen LogP contribution >= 0.6 is 0 Å². The van der Waals surface area contributed by atoms with Gasteiger partial charge in [0.15, 0.2) is 17.0 Å². The molecule has 2 aliphatic rings. The summed E-state index contributed by atoms with van der Waals surface area (Å²) in [6.45, 7) is 3.94. The standard InChI is InChI=1S/C21H26N6O5S/c1-21(2)8-11-4-3-5-14(17(11)32-21)18-26-16-19(23-10-24-20(16)27-18)25-13-6-12(15(28)7-13)9-31-33(22,29)30/h3-5,10,12-13,15,28H,6-9H2,1-2H3,(H2,22,29,30)(H2,23,24,25,26,27)/t12-,13?,15-/m0/s1. The molecule has 1 unspecified atom stereocenters. The average Bonchev–Trinajstić information content (AvgIpc) is 3.39. The number of nitrogens with zero attached hydrogens (tertiary/aromatic N) is 3. The predicted octanol–water partition coefficient (Wildman–Crippen LogP) is 1.50. The summed E-state index contributed by atoms with van der Waals surface area (Å²) in [6.07, 6.45) is 2.45. The lowest BCUT2D eigenvalue weighted by atomic mass is 10.0. The van der Waals surface area contributed by atoms with Gasteiger partial charge in [0.2, 0.25) is 0 Å². The maximum Gasteiger partial charge on any atom is 0.333 e. The number of aliphatic hydroxyl groups excluding tert-OH is 1. The number of H-pyrrole nitrogens is 1. The predicted molar refractivity (Wildman–Crippen MR) is 121 cm³/mol. The van der Waals surface area contributed by atoms with E-state index in [-0.39, 0.29) is 24.2 Å². The number of fused-ring (bicyclic) bond motifs is 2. The second kappa shape index (κ2) is 7.90. The molecule has 1 fully saturated rings. The van der Waals surface area contributed by atoms with Gasteiger partial charge in [-0.3, -0.25) is 4.18 Å². The number of aromatic nitrogens is 4. The highest BCUT2D eigenvalue weighted by Gasteiger charge is 2.35. The average molecular weight is 475 g/mol. The van der Waals surface area contributed by atoms with Gasteiger partial charge >= 0.3 is 10.3 Å². The molecule has 0 saturated heterocycles. The Balaban J connectivity index is 1.39. The minimum absolute atomic E-state index is 0.141. The van der Waals surface area contributed by atoms with Crippen molar-refractivity contribution in [2.75, 3.05) is 11.9 Å². The van der Waals surface area contributed by atoms with E-state index in [2.05, 4.69) is 44.4 Å². The van der Waals surface area contributed by atoms with E-state index in [1.165, 1.54) is 6.33 Å². The number of benzene rings is 1. The van der Waals surface area contributed by atoms with Crippen LogP contribution in [-0.2, 0) is 20.9 Å². The summed E-state index contributed by atoms with van der Waals surface area (Å²) in [6, 6.07) is 5.87. The highest BCUT2D eigenvalue weighted by atomic mass is 32.2. The maximum absolute atomic E-state index is 11.1. The Morgan fingerprint density at radius 3 is 2.94 bits per heavy atom. The molecule has 5 rings (SSSR count). The van der Waals surface area contributed by atoms with Crippen LogP contribution in [0.25, 0.3) is 22.6 Å². The molecule has 176 valence electrons. The number of nitrogens with one attached hydrogen (secondary N) is 2. The molecule has 2 aromatic heterocycles. The number of anilines is 1. The Labute approximate surface area is 191 Å². The number of aliphatic hydroxyl groups is 1. The van der Waals surface area contributed by atoms with Crippen LogP contribution < -0.4 is 15.2 Å². The van der Waals surface area contributed by atoms with Crippen LogP contribution in [0.3, 0.4) is 0 Å². The van der Waals surface area contributed by atoms with Gasteiger partial charge in [-0.15, -0.1) is 0 Å². The number of imidazole rings is 1. The van der Waals surface area contributed by atoms with Crippen LogP contribution in [0.5, 0.6) is 5.75 Å². The lowest BCUT2D eigenvalue weighted by Gasteiger charge is -2.17. The van der Waals surface area contributed by atoms with E-state index >= 15 is 0 Å². The topological polar surface area (TPSA) is 165 Å². The van der Waals surface area contributed by atoms with Crippen molar-refractivity contribution in [3.63, 3.8) is 0 Å². The van der Waals surface area contributed by atoms with Gasteiger partial charge in [0.1, 0.15) is 23.5 Å². The van der Waals surface area contributed by atoms with Gasteiger partial charge < -0.3 is 20.1 Å². The Hall–Kier alpha value is -2.80. The minimum atomic E-state index is -4.05. The van der Waals surface area contributed by atoms with Crippen molar-refractivity contribution in [3.05, 3.63) is 30.1 Å². The van der Waals surface area contributed by atoms with Gasteiger partial charge in [-0.2, -0.15) is 8.42 Å². The van der Waals surface area contributed by atoms with Crippen LogP contribution in [0, 0.1) is 5.92 Å². The number of aromatic amines is 1. The fourth-order valence-corrected chi connectivity index (χ4v) is 5.00. The molecule has 3 heterocycles. The molecular weight excluding hydrogens is 448 g/mol. The van der Waals surface area contributed by atoms with Gasteiger partial charge in [0.05, 0.1) is 18.3 Å². The first-order valence-corrected chi connectivity index (χ1v) is 12.2. The molecule has 12 heteroatoms. The van der Waals surface area contributed by atoms with Gasteiger partial charge in [-0.1, -0.05) is 12.1 Å². The van der Waals surface area contributed by atoms with Crippen molar-refractivity contribution >= 4 is 27.3 Å². The molecule has 3 atom stereocenters. The van der Waals surface area contributed by atoms with Gasteiger partial charge in [-0.25, -0.2) is 20.1 Å². The number of ether oxygens (including phenoxy) is 1. The first-order chi connectivity index (χ1) is 15.6. The summed E-state index contributed by atoms with van der Waals surface area (Å²) in [4.78, 5) is 16.7. The quantitative estimate of drug-likeness (QED) is 0.414. The lowest BCUT2D eigenvalue weighted by Crippen LogP contribution is -2.24. The molecule has 0 bridgehead atoms. The van der Waals surface area contributed by atoms with E-state index in [1.807, 2.05) is 12.1 Å². The van der Waals surface area contributed by atoms with Crippen LogP contribution in [0.1, 0.15) is 32.3 Å². The Morgan fingerprint density at radius 1 is 1.33 bits per heavy atom. The van der Waals surface area contributed by atoms with Crippen LogP contribution in [0.15, 0.2) is 24.5 Å². The van der Waals surface area contributed by atoms with Crippen molar-refractivity contribution in [1.29, 1.82) is 0 Å². The molecule has 0 amide bonds. The van der Waals surface area contributed by atoms with Crippen molar-refractivity contribution in [2.45, 2.75) is 50.9 Å². The molecule has 1 aliphatic carbocycles. The highest BCUT2D eigenvalue weighted by Crippen LogP contribution is 2.42. The summed E-state index contributed by atoms with van der Waals surface area (Å²) < 4.78 is 33.0. The maximum atomic E-state index is 11.1. The van der Waals surface area contributed by atoms with E-state index in [1.54, 1.807) is 0 Å². The van der Waals surface area contributed by atoms with E-state index in [4.69, 9.17) is 14.9 Å². The summed E-state index contributed by atoms with van der Waals surface area (Å²) in [5, 5.41) is 18.5. The molecule has 11 nitrogen and oxygen atoms in total. The lowest BCUT2D eigenvalue weighted by molar-refractivity contribution is 0.101. The fourth-order valence-electron chi connectivity index (χ4n) is 4.64. The molecular formula is C21H26N6O5S. The van der Waals surface area contributed by atoms with Crippen molar-refractivity contribution in [2.24, 2.45) is 11.1 Å². The van der Waals surface area contributed by atoms with E-state index in [0.29, 0.717) is 35.6 Å². The van der Waals surface area contributed by atoms with Crippen LogP contribution in [-0.4, -0.2) is 57.8 Å².